The fourth-order valence-corrected chi connectivity index (χ4v) is 4.04. The molecule has 0 aliphatic carbocycles. The second kappa shape index (κ2) is 6.31. The van der Waals surface area contributed by atoms with E-state index in [1.165, 1.54) is 25.3 Å². The normalized spacial score (nSPS) is 18.9. The van der Waals surface area contributed by atoms with Crippen LogP contribution < -0.4 is 11.2 Å². The van der Waals surface area contributed by atoms with Gasteiger partial charge in [-0.3, -0.25) is 18.7 Å². The molecule has 1 aromatic rings. The number of hydrogen-bond donors (Lipinski definition) is 0. The van der Waals surface area contributed by atoms with Crippen molar-refractivity contribution in [3.8, 4) is 0 Å². The van der Waals surface area contributed by atoms with Gasteiger partial charge in [0.2, 0.25) is 0 Å². The van der Waals surface area contributed by atoms with Crippen molar-refractivity contribution in [3.05, 3.63) is 32.6 Å². The zero-order valence-electron chi connectivity index (χ0n) is 13.5. The third kappa shape index (κ3) is 3.90. The molecule has 2 heterocycles. The van der Waals surface area contributed by atoms with Gasteiger partial charge in [0.05, 0.1) is 5.75 Å². The smallest absolute Gasteiger partial charge is 0.331 e. The summed E-state index contributed by atoms with van der Waals surface area (Å²) in [5, 5.41) is 0. The molecule has 1 unspecified atom stereocenters. The number of piperidine rings is 1. The second-order valence-corrected chi connectivity index (χ2v) is 8.31. The van der Waals surface area contributed by atoms with Gasteiger partial charge in [-0.25, -0.2) is 13.2 Å². The topological polar surface area (TPSA) is 98.4 Å². The first-order valence-electron chi connectivity index (χ1n) is 7.34. The number of carbonyl (C=O) groups is 1. The van der Waals surface area contributed by atoms with E-state index < -0.39 is 27.0 Å². The van der Waals surface area contributed by atoms with Gasteiger partial charge in [0.15, 0.2) is 0 Å². The lowest BCUT2D eigenvalue weighted by atomic mass is 10.00. The molecule has 0 spiro atoms. The first kappa shape index (κ1) is 17.5. The molecule has 1 aromatic heterocycles. The molecule has 0 saturated carbocycles. The first-order valence-corrected chi connectivity index (χ1v) is 9.40. The zero-order chi connectivity index (χ0) is 17.4. The van der Waals surface area contributed by atoms with E-state index in [1.54, 1.807) is 0 Å². The van der Waals surface area contributed by atoms with E-state index >= 15 is 0 Å². The molecule has 1 amide bonds. The predicted octanol–water partition coefficient (Wildman–Crippen LogP) is -1.02. The minimum absolute atomic E-state index is 0.0260. The summed E-state index contributed by atoms with van der Waals surface area (Å²) in [7, 11) is -0.325. The van der Waals surface area contributed by atoms with Gasteiger partial charge in [0.25, 0.3) is 11.5 Å². The third-order valence-corrected chi connectivity index (χ3v) is 5.17. The highest BCUT2D eigenvalue weighted by molar-refractivity contribution is 7.90. The minimum atomic E-state index is -3.11. The van der Waals surface area contributed by atoms with Crippen LogP contribution in [-0.2, 0) is 23.9 Å². The molecule has 128 valence electrons. The van der Waals surface area contributed by atoms with Gasteiger partial charge >= 0.3 is 5.69 Å². The van der Waals surface area contributed by atoms with Crippen LogP contribution in [0.4, 0.5) is 0 Å². The number of sulfone groups is 1. The molecular weight excluding hydrogens is 322 g/mol. The average molecular weight is 343 g/mol. The van der Waals surface area contributed by atoms with Crippen LogP contribution >= 0.6 is 0 Å². The van der Waals surface area contributed by atoms with Gasteiger partial charge in [0, 0.05) is 39.5 Å². The van der Waals surface area contributed by atoms with Crippen LogP contribution in [0.5, 0.6) is 0 Å². The SMILES string of the molecule is Cn1c(C(=O)N2CCCC(CS(C)(=O)=O)C2)cc(=O)n(C)c1=O. The minimum Gasteiger partial charge on any atom is -0.337 e. The van der Waals surface area contributed by atoms with Gasteiger partial charge in [0.1, 0.15) is 15.5 Å². The monoisotopic (exact) mass is 343 g/mol. The first-order chi connectivity index (χ1) is 10.6. The van der Waals surface area contributed by atoms with Crippen molar-refractivity contribution < 1.29 is 13.2 Å². The molecule has 1 atom stereocenters. The van der Waals surface area contributed by atoms with Crippen molar-refractivity contribution in [1.82, 2.24) is 14.0 Å². The van der Waals surface area contributed by atoms with Gasteiger partial charge in [-0.2, -0.15) is 0 Å². The van der Waals surface area contributed by atoms with Crippen LogP contribution in [0.3, 0.4) is 0 Å². The highest BCUT2D eigenvalue weighted by Gasteiger charge is 2.28. The summed E-state index contributed by atoms with van der Waals surface area (Å²) >= 11 is 0. The number of rotatable bonds is 3. The lowest BCUT2D eigenvalue weighted by molar-refractivity contribution is 0.0672. The van der Waals surface area contributed by atoms with Crippen molar-refractivity contribution in [1.29, 1.82) is 0 Å². The number of amides is 1. The average Bonchev–Trinajstić information content (AvgIpc) is 2.46. The maximum Gasteiger partial charge on any atom is 0.331 e. The van der Waals surface area contributed by atoms with E-state index in [9.17, 15) is 22.8 Å². The van der Waals surface area contributed by atoms with Gasteiger partial charge in [-0.1, -0.05) is 0 Å². The van der Waals surface area contributed by atoms with Crippen LogP contribution in [0.25, 0.3) is 0 Å². The summed E-state index contributed by atoms with van der Waals surface area (Å²) in [4.78, 5) is 37.8. The van der Waals surface area contributed by atoms with E-state index in [1.807, 2.05) is 0 Å². The van der Waals surface area contributed by atoms with Gasteiger partial charge in [-0.05, 0) is 18.8 Å². The van der Waals surface area contributed by atoms with Crippen molar-refractivity contribution in [3.63, 3.8) is 0 Å². The maximum atomic E-state index is 12.6. The Morgan fingerprint density at radius 2 is 1.91 bits per heavy atom. The van der Waals surface area contributed by atoms with E-state index in [-0.39, 0.29) is 17.4 Å². The van der Waals surface area contributed by atoms with Crippen LogP contribution in [0, 0.1) is 5.92 Å². The molecule has 1 aliphatic rings. The molecule has 1 aliphatic heterocycles. The van der Waals surface area contributed by atoms with E-state index in [4.69, 9.17) is 0 Å². The quantitative estimate of drug-likeness (QED) is 0.700. The highest BCUT2D eigenvalue weighted by Crippen LogP contribution is 2.19. The largest absolute Gasteiger partial charge is 0.337 e. The summed E-state index contributed by atoms with van der Waals surface area (Å²) in [6, 6.07) is 1.14. The third-order valence-electron chi connectivity index (χ3n) is 4.09. The fraction of sp³-hybridized carbons (Fsp3) is 0.643. The zero-order valence-corrected chi connectivity index (χ0v) is 14.3. The Morgan fingerprint density at radius 3 is 2.52 bits per heavy atom. The number of nitrogens with zero attached hydrogens (tertiary/aromatic N) is 3. The Bertz CT molecular complexity index is 837. The summed E-state index contributed by atoms with van der Waals surface area (Å²) in [6.07, 6.45) is 2.62. The van der Waals surface area contributed by atoms with Gasteiger partial charge in [-0.15, -0.1) is 0 Å². The maximum absolute atomic E-state index is 12.6. The summed E-state index contributed by atoms with van der Waals surface area (Å²) in [6.45, 7) is 0.803. The van der Waals surface area contributed by atoms with Crippen molar-refractivity contribution in [2.45, 2.75) is 12.8 Å². The van der Waals surface area contributed by atoms with E-state index in [2.05, 4.69) is 0 Å². The lowest BCUT2D eigenvalue weighted by Crippen LogP contribution is -2.46. The van der Waals surface area contributed by atoms with Crippen LogP contribution in [-0.4, -0.2) is 53.5 Å². The van der Waals surface area contributed by atoms with Crippen molar-refractivity contribution >= 4 is 15.7 Å². The van der Waals surface area contributed by atoms with Crippen LogP contribution in [0.2, 0.25) is 0 Å². The molecule has 1 saturated heterocycles. The molecule has 0 radical (unpaired) electrons. The van der Waals surface area contributed by atoms with E-state index in [0.29, 0.717) is 19.5 Å². The second-order valence-electron chi connectivity index (χ2n) is 6.12. The Labute approximate surface area is 134 Å². The predicted molar refractivity (Wildman–Crippen MR) is 85.3 cm³/mol. The summed E-state index contributed by atoms with van der Waals surface area (Å²) in [5.74, 6) is -0.501. The molecule has 0 aromatic carbocycles. The van der Waals surface area contributed by atoms with E-state index in [0.717, 1.165) is 21.6 Å². The van der Waals surface area contributed by atoms with Crippen molar-refractivity contribution in [2.75, 3.05) is 25.1 Å². The Balaban J connectivity index is 2.27. The fourth-order valence-electron chi connectivity index (χ4n) is 2.91. The summed E-state index contributed by atoms with van der Waals surface area (Å²) in [5.41, 5.74) is -1.08. The summed E-state index contributed by atoms with van der Waals surface area (Å²) < 4.78 is 24.9. The standard InChI is InChI=1S/C14H21N3O5S/c1-15-11(7-12(18)16(2)14(15)20)13(19)17-6-4-5-10(8-17)9-23(3,21)22/h7,10H,4-6,8-9H2,1-3H3. The van der Waals surface area contributed by atoms with Crippen LogP contribution in [0.15, 0.2) is 15.7 Å². The number of aromatic nitrogens is 2. The molecular formula is C14H21N3O5S. The van der Waals surface area contributed by atoms with Crippen LogP contribution in [0.1, 0.15) is 23.3 Å². The molecule has 0 N–H and O–H groups in total. The number of likely N-dealkylation sites (tertiary alicyclic amines) is 1. The number of hydrogen-bond acceptors (Lipinski definition) is 5. The Hall–Kier alpha value is -1.90. The molecule has 23 heavy (non-hydrogen) atoms. The highest BCUT2D eigenvalue weighted by atomic mass is 32.2. The Kier molecular flexibility index (Phi) is 4.79. The van der Waals surface area contributed by atoms with Gasteiger partial charge < -0.3 is 4.90 Å². The molecule has 8 nitrogen and oxygen atoms in total. The lowest BCUT2D eigenvalue weighted by Gasteiger charge is -2.32. The molecule has 2 rings (SSSR count). The van der Waals surface area contributed by atoms with Crippen molar-refractivity contribution in [2.24, 2.45) is 20.0 Å². The Morgan fingerprint density at radius 1 is 1.26 bits per heavy atom. The molecule has 9 heteroatoms. The number of carbonyl (C=O) groups excluding carboxylic acids is 1. The molecule has 1 fully saturated rings. The molecule has 0 bridgehead atoms.